The number of benzene rings is 1. The Hall–Kier alpha value is -1.39. The fourth-order valence-corrected chi connectivity index (χ4v) is 3.27. The Morgan fingerprint density at radius 3 is 2.19 bits per heavy atom. The SMILES string of the molecule is CC1CC(C)CC(C(=O)c2cc(C(F)(F)F)ccc2F)C1. The highest BCUT2D eigenvalue weighted by molar-refractivity contribution is 5.98. The third-order valence-electron chi connectivity index (χ3n) is 4.11. The molecule has 0 aromatic heterocycles. The van der Waals surface area contributed by atoms with Gasteiger partial charge in [0.2, 0.25) is 0 Å². The van der Waals surface area contributed by atoms with E-state index in [1.807, 2.05) is 13.8 Å². The molecule has 1 fully saturated rings. The third kappa shape index (κ3) is 3.63. The van der Waals surface area contributed by atoms with E-state index in [0.29, 0.717) is 36.8 Å². The third-order valence-corrected chi connectivity index (χ3v) is 4.11. The fraction of sp³-hybridized carbons (Fsp3) is 0.562. The Kier molecular flexibility index (Phi) is 4.40. The molecule has 1 aromatic rings. The standard InChI is InChI=1S/C16H18F4O/c1-9-5-10(2)7-11(6-9)15(21)13-8-12(16(18,19)20)3-4-14(13)17/h3-4,8-11H,5-7H2,1-2H3. The number of carbonyl (C=O) groups is 1. The molecule has 2 unspecified atom stereocenters. The first-order valence-electron chi connectivity index (χ1n) is 7.09. The van der Waals surface area contributed by atoms with Gasteiger partial charge in [-0.2, -0.15) is 13.2 Å². The number of Topliss-reactive ketones (excluding diaryl/α,β-unsaturated/α-hetero) is 1. The lowest BCUT2D eigenvalue weighted by molar-refractivity contribution is -0.137. The van der Waals surface area contributed by atoms with Gasteiger partial charge in [-0.25, -0.2) is 4.39 Å². The number of hydrogen-bond acceptors (Lipinski definition) is 1. The Balaban J connectivity index is 2.30. The van der Waals surface area contributed by atoms with E-state index >= 15 is 0 Å². The van der Waals surface area contributed by atoms with Gasteiger partial charge in [0.15, 0.2) is 5.78 Å². The average molecular weight is 302 g/mol. The Morgan fingerprint density at radius 2 is 1.67 bits per heavy atom. The maximum absolute atomic E-state index is 13.8. The molecule has 0 spiro atoms. The van der Waals surface area contributed by atoms with Gasteiger partial charge in [0, 0.05) is 5.92 Å². The minimum atomic E-state index is -4.57. The number of rotatable bonds is 2. The summed E-state index contributed by atoms with van der Waals surface area (Å²) in [4.78, 5) is 12.4. The van der Waals surface area contributed by atoms with Gasteiger partial charge >= 0.3 is 6.18 Å². The van der Waals surface area contributed by atoms with Gasteiger partial charge in [0.05, 0.1) is 11.1 Å². The molecule has 116 valence electrons. The van der Waals surface area contributed by atoms with Crippen LogP contribution in [-0.4, -0.2) is 5.78 Å². The van der Waals surface area contributed by atoms with Crippen LogP contribution in [0.1, 0.15) is 49.0 Å². The smallest absolute Gasteiger partial charge is 0.294 e. The topological polar surface area (TPSA) is 17.1 Å². The molecule has 0 N–H and O–H groups in total. The van der Waals surface area contributed by atoms with Crippen molar-refractivity contribution in [3.05, 3.63) is 35.1 Å². The molecule has 0 bridgehead atoms. The minimum Gasteiger partial charge on any atom is -0.294 e. The summed E-state index contributed by atoms with van der Waals surface area (Å²) in [5, 5.41) is 0. The van der Waals surface area contributed by atoms with E-state index in [1.165, 1.54) is 0 Å². The highest BCUT2D eigenvalue weighted by atomic mass is 19.4. The second-order valence-electron chi connectivity index (χ2n) is 6.17. The van der Waals surface area contributed by atoms with Crippen LogP contribution in [0.3, 0.4) is 0 Å². The number of halogens is 4. The van der Waals surface area contributed by atoms with Crippen LogP contribution in [0.2, 0.25) is 0 Å². The molecule has 1 aliphatic carbocycles. The highest BCUT2D eigenvalue weighted by Gasteiger charge is 2.34. The predicted molar refractivity (Wildman–Crippen MR) is 71.4 cm³/mol. The van der Waals surface area contributed by atoms with E-state index in [9.17, 15) is 22.4 Å². The Labute approximate surface area is 121 Å². The highest BCUT2D eigenvalue weighted by Crippen LogP contribution is 2.36. The molecule has 5 heteroatoms. The Morgan fingerprint density at radius 1 is 1.10 bits per heavy atom. The quantitative estimate of drug-likeness (QED) is 0.548. The van der Waals surface area contributed by atoms with Crippen molar-refractivity contribution in [2.24, 2.45) is 17.8 Å². The van der Waals surface area contributed by atoms with Crippen molar-refractivity contribution in [1.29, 1.82) is 0 Å². The fourth-order valence-electron chi connectivity index (χ4n) is 3.27. The summed E-state index contributed by atoms with van der Waals surface area (Å²) in [6, 6.07) is 2.03. The summed E-state index contributed by atoms with van der Waals surface area (Å²) >= 11 is 0. The minimum absolute atomic E-state index is 0.330. The molecule has 0 radical (unpaired) electrons. The van der Waals surface area contributed by atoms with Crippen LogP contribution in [0.25, 0.3) is 0 Å². The van der Waals surface area contributed by atoms with Crippen molar-refractivity contribution in [2.75, 3.05) is 0 Å². The van der Waals surface area contributed by atoms with Crippen molar-refractivity contribution in [2.45, 2.75) is 39.3 Å². The van der Waals surface area contributed by atoms with Crippen LogP contribution in [0, 0.1) is 23.6 Å². The summed E-state index contributed by atoms with van der Waals surface area (Å²) < 4.78 is 51.9. The van der Waals surface area contributed by atoms with Gasteiger partial charge in [-0.1, -0.05) is 13.8 Å². The molecule has 0 heterocycles. The van der Waals surface area contributed by atoms with E-state index in [2.05, 4.69) is 0 Å². The lowest BCUT2D eigenvalue weighted by Crippen LogP contribution is -2.27. The summed E-state index contributed by atoms with van der Waals surface area (Å²) in [5.41, 5.74) is -1.42. The Bertz CT molecular complexity index is 526. The normalized spacial score (nSPS) is 26.7. The molecule has 1 aliphatic rings. The summed E-state index contributed by atoms with van der Waals surface area (Å²) in [6.07, 6.45) is -2.36. The van der Waals surface area contributed by atoms with Crippen molar-refractivity contribution >= 4 is 5.78 Å². The van der Waals surface area contributed by atoms with E-state index in [1.54, 1.807) is 0 Å². The van der Waals surface area contributed by atoms with Crippen LogP contribution < -0.4 is 0 Å². The zero-order valence-electron chi connectivity index (χ0n) is 12.0. The molecule has 0 amide bonds. The second kappa shape index (κ2) is 5.78. The van der Waals surface area contributed by atoms with Crippen LogP contribution >= 0.6 is 0 Å². The van der Waals surface area contributed by atoms with E-state index < -0.39 is 28.9 Å². The first-order valence-corrected chi connectivity index (χ1v) is 7.09. The first-order chi connectivity index (χ1) is 9.68. The summed E-state index contributed by atoms with van der Waals surface area (Å²) in [7, 11) is 0. The van der Waals surface area contributed by atoms with Gasteiger partial charge in [-0.15, -0.1) is 0 Å². The van der Waals surface area contributed by atoms with Crippen LogP contribution in [0.5, 0.6) is 0 Å². The average Bonchev–Trinajstić information content (AvgIpc) is 2.36. The van der Waals surface area contributed by atoms with Gasteiger partial charge < -0.3 is 0 Å². The molecule has 1 aromatic carbocycles. The number of carbonyl (C=O) groups excluding carboxylic acids is 1. The zero-order chi connectivity index (χ0) is 15.8. The molecule has 0 saturated heterocycles. The lowest BCUT2D eigenvalue weighted by Gasteiger charge is -2.30. The van der Waals surface area contributed by atoms with Crippen LogP contribution in [0.4, 0.5) is 17.6 Å². The number of hydrogen-bond donors (Lipinski definition) is 0. The molecule has 2 rings (SSSR count). The predicted octanol–water partition coefficient (Wildman–Crippen LogP) is 5.10. The molecule has 1 saturated carbocycles. The number of ketones is 1. The van der Waals surface area contributed by atoms with E-state index in [-0.39, 0.29) is 5.92 Å². The molecular weight excluding hydrogens is 284 g/mol. The van der Waals surface area contributed by atoms with E-state index in [0.717, 1.165) is 12.5 Å². The van der Waals surface area contributed by atoms with Gasteiger partial charge in [0.1, 0.15) is 5.82 Å². The molecule has 2 atom stereocenters. The summed E-state index contributed by atoms with van der Waals surface area (Å²) in [5.74, 6) is -1.11. The molecule has 1 nitrogen and oxygen atoms in total. The van der Waals surface area contributed by atoms with Crippen molar-refractivity contribution in [3.63, 3.8) is 0 Å². The monoisotopic (exact) mass is 302 g/mol. The maximum Gasteiger partial charge on any atom is 0.416 e. The van der Waals surface area contributed by atoms with Crippen molar-refractivity contribution < 1.29 is 22.4 Å². The molecule has 21 heavy (non-hydrogen) atoms. The molecule has 0 aliphatic heterocycles. The second-order valence-corrected chi connectivity index (χ2v) is 6.17. The zero-order valence-corrected chi connectivity index (χ0v) is 12.0. The van der Waals surface area contributed by atoms with Crippen molar-refractivity contribution in [3.8, 4) is 0 Å². The van der Waals surface area contributed by atoms with Gasteiger partial charge in [0.25, 0.3) is 0 Å². The van der Waals surface area contributed by atoms with Crippen LogP contribution in [-0.2, 0) is 6.18 Å². The van der Waals surface area contributed by atoms with Gasteiger partial charge in [-0.3, -0.25) is 4.79 Å². The van der Waals surface area contributed by atoms with Crippen LogP contribution in [0.15, 0.2) is 18.2 Å². The van der Waals surface area contributed by atoms with Gasteiger partial charge in [-0.05, 0) is 49.3 Å². The largest absolute Gasteiger partial charge is 0.416 e. The maximum atomic E-state index is 13.8. The first kappa shape index (κ1) is 16.0. The van der Waals surface area contributed by atoms with Crippen molar-refractivity contribution in [1.82, 2.24) is 0 Å². The van der Waals surface area contributed by atoms with E-state index in [4.69, 9.17) is 0 Å². The summed E-state index contributed by atoms with van der Waals surface area (Å²) in [6.45, 7) is 4.02. The molecular formula is C16H18F4O. The number of alkyl halides is 3. The lowest BCUT2D eigenvalue weighted by atomic mass is 9.74.